The number of fused-ring (bicyclic) bond motifs is 1. The number of halogens is 1. The lowest BCUT2D eigenvalue weighted by Crippen LogP contribution is -3.14. The molecule has 1 aliphatic heterocycles. The van der Waals surface area contributed by atoms with E-state index in [9.17, 15) is 9.18 Å². The number of rotatable bonds is 5. The Bertz CT molecular complexity index is 978. The van der Waals surface area contributed by atoms with Crippen LogP contribution < -0.4 is 10.2 Å². The van der Waals surface area contributed by atoms with Crippen molar-refractivity contribution in [2.24, 2.45) is 0 Å². The van der Waals surface area contributed by atoms with Gasteiger partial charge in [0.25, 0.3) is 5.91 Å². The number of hydrogen-bond acceptors (Lipinski definition) is 3. The predicted octanol–water partition coefficient (Wildman–Crippen LogP) is 1.42. The standard InChI is InChI=1S/C21H24FN5O/c1-15-6-7-20-19(12-15)24-25-27(20)17-8-10-26(11-9-17)14-21(28)23-13-16-4-2-3-5-18(16)22/h2-7,12,17H,8-11,13-14H2,1H3,(H,23,28)/p+1. The Kier molecular flexibility index (Phi) is 5.34. The highest BCUT2D eigenvalue weighted by Crippen LogP contribution is 2.22. The smallest absolute Gasteiger partial charge is 0.275 e. The van der Waals surface area contributed by atoms with Crippen LogP contribution in [0.4, 0.5) is 4.39 Å². The number of benzene rings is 2. The molecule has 2 heterocycles. The van der Waals surface area contributed by atoms with Crippen molar-refractivity contribution in [3.63, 3.8) is 0 Å². The number of nitrogens with one attached hydrogen (secondary N) is 2. The maximum absolute atomic E-state index is 13.6. The largest absolute Gasteiger partial charge is 0.347 e. The number of aromatic nitrogens is 3. The topological polar surface area (TPSA) is 64.2 Å². The lowest BCUT2D eigenvalue weighted by Gasteiger charge is -2.29. The Morgan fingerprint density at radius 3 is 2.82 bits per heavy atom. The summed E-state index contributed by atoms with van der Waals surface area (Å²) in [5.41, 5.74) is 3.70. The molecule has 0 bridgehead atoms. The highest BCUT2D eigenvalue weighted by molar-refractivity contribution is 5.77. The molecule has 0 saturated carbocycles. The van der Waals surface area contributed by atoms with Crippen LogP contribution in [0.25, 0.3) is 11.0 Å². The van der Waals surface area contributed by atoms with Crippen molar-refractivity contribution in [2.75, 3.05) is 19.6 Å². The molecule has 0 unspecified atom stereocenters. The number of carbonyl (C=O) groups excluding carboxylic acids is 1. The normalized spacial score (nSPS) is 19.6. The average molecular weight is 382 g/mol. The first kappa shape index (κ1) is 18.6. The Labute approximate surface area is 163 Å². The molecule has 2 aromatic carbocycles. The minimum absolute atomic E-state index is 0.0432. The molecule has 0 atom stereocenters. The lowest BCUT2D eigenvalue weighted by atomic mass is 10.0. The summed E-state index contributed by atoms with van der Waals surface area (Å²) < 4.78 is 15.7. The number of likely N-dealkylation sites (tertiary alicyclic amines) is 1. The second-order valence-corrected chi connectivity index (χ2v) is 7.55. The van der Waals surface area contributed by atoms with E-state index in [1.165, 1.54) is 16.5 Å². The van der Waals surface area contributed by atoms with Crippen LogP contribution in [0.3, 0.4) is 0 Å². The van der Waals surface area contributed by atoms with E-state index in [2.05, 4.69) is 40.8 Å². The average Bonchev–Trinajstić information content (AvgIpc) is 3.11. The minimum Gasteiger partial charge on any atom is -0.347 e. The van der Waals surface area contributed by atoms with Gasteiger partial charge in [0.15, 0.2) is 6.54 Å². The van der Waals surface area contributed by atoms with Crippen LogP contribution in [0.15, 0.2) is 42.5 Å². The zero-order valence-corrected chi connectivity index (χ0v) is 16.0. The summed E-state index contributed by atoms with van der Waals surface area (Å²) in [4.78, 5) is 13.5. The molecule has 28 heavy (non-hydrogen) atoms. The number of quaternary nitrogens is 1. The molecule has 6 nitrogen and oxygen atoms in total. The first-order valence-corrected chi connectivity index (χ1v) is 9.75. The van der Waals surface area contributed by atoms with E-state index in [0.717, 1.165) is 37.0 Å². The van der Waals surface area contributed by atoms with Gasteiger partial charge in [-0.15, -0.1) is 5.10 Å². The number of aryl methyl sites for hydroxylation is 1. The van der Waals surface area contributed by atoms with Crippen LogP contribution in [0.5, 0.6) is 0 Å². The summed E-state index contributed by atoms with van der Waals surface area (Å²) in [7, 11) is 0. The van der Waals surface area contributed by atoms with Gasteiger partial charge in [0.2, 0.25) is 0 Å². The van der Waals surface area contributed by atoms with Gasteiger partial charge >= 0.3 is 0 Å². The third kappa shape index (κ3) is 4.04. The van der Waals surface area contributed by atoms with Gasteiger partial charge in [-0.1, -0.05) is 29.5 Å². The molecule has 0 aliphatic carbocycles. The van der Waals surface area contributed by atoms with E-state index in [1.807, 2.05) is 4.68 Å². The highest BCUT2D eigenvalue weighted by Gasteiger charge is 2.26. The van der Waals surface area contributed by atoms with E-state index < -0.39 is 0 Å². The highest BCUT2D eigenvalue weighted by atomic mass is 19.1. The summed E-state index contributed by atoms with van der Waals surface area (Å²) in [5, 5.41) is 11.5. The van der Waals surface area contributed by atoms with Crippen molar-refractivity contribution in [1.29, 1.82) is 0 Å². The van der Waals surface area contributed by atoms with Crippen LogP contribution in [0, 0.1) is 12.7 Å². The molecule has 1 fully saturated rings. The van der Waals surface area contributed by atoms with Gasteiger partial charge in [0.1, 0.15) is 11.3 Å². The van der Waals surface area contributed by atoms with Gasteiger partial charge in [-0.25, -0.2) is 9.07 Å². The number of amides is 1. The van der Waals surface area contributed by atoms with Gasteiger partial charge in [-0.2, -0.15) is 0 Å². The first-order chi connectivity index (χ1) is 13.6. The van der Waals surface area contributed by atoms with Gasteiger partial charge in [0.05, 0.1) is 24.6 Å². The Morgan fingerprint density at radius 1 is 1.25 bits per heavy atom. The predicted molar refractivity (Wildman–Crippen MR) is 104 cm³/mol. The maximum Gasteiger partial charge on any atom is 0.275 e. The summed E-state index contributed by atoms with van der Waals surface area (Å²) in [6.45, 7) is 4.51. The van der Waals surface area contributed by atoms with E-state index in [-0.39, 0.29) is 18.3 Å². The minimum atomic E-state index is -0.286. The molecule has 0 radical (unpaired) electrons. The second kappa shape index (κ2) is 8.06. The quantitative estimate of drug-likeness (QED) is 0.701. The number of carbonyl (C=O) groups is 1. The van der Waals surface area contributed by atoms with Gasteiger partial charge in [-0.05, 0) is 30.7 Å². The van der Waals surface area contributed by atoms with Gasteiger partial charge in [-0.3, -0.25) is 4.79 Å². The van der Waals surface area contributed by atoms with E-state index in [0.29, 0.717) is 18.2 Å². The SMILES string of the molecule is Cc1ccc2c(c1)nnn2C1CC[NH+](CC(=O)NCc2ccccc2F)CC1. The fraction of sp³-hybridized carbons (Fsp3) is 0.381. The summed E-state index contributed by atoms with van der Waals surface area (Å²) >= 11 is 0. The van der Waals surface area contributed by atoms with Crippen molar-refractivity contribution in [3.05, 3.63) is 59.4 Å². The number of piperidine rings is 1. The third-order valence-corrected chi connectivity index (χ3v) is 5.48. The molecule has 1 aliphatic rings. The Hall–Kier alpha value is -2.80. The molecule has 4 rings (SSSR count). The number of hydrogen-bond donors (Lipinski definition) is 2. The van der Waals surface area contributed by atoms with E-state index in [1.54, 1.807) is 18.2 Å². The molecule has 1 amide bonds. The van der Waals surface area contributed by atoms with Crippen LogP contribution in [-0.4, -0.2) is 40.5 Å². The zero-order valence-electron chi connectivity index (χ0n) is 16.0. The molecule has 2 N–H and O–H groups in total. The third-order valence-electron chi connectivity index (χ3n) is 5.48. The van der Waals surface area contributed by atoms with Gasteiger partial charge < -0.3 is 10.2 Å². The monoisotopic (exact) mass is 382 g/mol. The second-order valence-electron chi connectivity index (χ2n) is 7.55. The molecule has 146 valence electrons. The fourth-order valence-electron chi connectivity index (χ4n) is 3.88. The first-order valence-electron chi connectivity index (χ1n) is 9.75. The lowest BCUT2D eigenvalue weighted by molar-refractivity contribution is -0.897. The van der Waals surface area contributed by atoms with Crippen LogP contribution in [0.1, 0.15) is 30.0 Å². The van der Waals surface area contributed by atoms with Crippen molar-refractivity contribution >= 4 is 16.9 Å². The molecule has 0 spiro atoms. The fourth-order valence-corrected chi connectivity index (χ4v) is 3.88. The van der Waals surface area contributed by atoms with Crippen molar-refractivity contribution in [1.82, 2.24) is 20.3 Å². The molecular weight excluding hydrogens is 357 g/mol. The van der Waals surface area contributed by atoms with Crippen LogP contribution in [0.2, 0.25) is 0 Å². The van der Waals surface area contributed by atoms with E-state index in [4.69, 9.17) is 0 Å². The van der Waals surface area contributed by atoms with Crippen molar-refractivity contribution < 1.29 is 14.1 Å². The van der Waals surface area contributed by atoms with Gasteiger partial charge in [0, 0.05) is 24.9 Å². The van der Waals surface area contributed by atoms with Crippen molar-refractivity contribution in [2.45, 2.75) is 32.4 Å². The molecule has 1 aromatic heterocycles. The van der Waals surface area contributed by atoms with Crippen molar-refractivity contribution in [3.8, 4) is 0 Å². The Balaban J connectivity index is 1.29. The molecule has 3 aromatic rings. The molecule has 7 heteroatoms. The zero-order chi connectivity index (χ0) is 19.5. The molecular formula is C21H25FN5O+. The Morgan fingerprint density at radius 2 is 2.04 bits per heavy atom. The van der Waals surface area contributed by atoms with Crippen LogP contribution >= 0.6 is 0 Å². The summed E-state index contributed by atoms with van der Waals surface area (Å²) in [6, 6.07) is 13.1. The van der Waals surface area contributed by atoms with E-state index >= 15 is 0 Å². The molecule has 1 saturated heterocycles. The number of nitrogens with zero attached hydrogens (tertiary/aromatic N) is 3. The maximum atomic E-state index is 13.6. The summed E-state index contributed by atoms with van der Waals surface area (Å²) in [5.74, 6) is -0.329. The summed E-state index contributed by atoms with van der Waals surface area (Å²) in [6.07, 6.45) is 1.92. The van der Waals surface area contributed by atoms with Crippen LogP contribution in [-0.2, 0) is 11.3 Å².